The Kier molecular flexibility index (Phi) is 6.53. The number of aryl methyl sites for hydroxylation is 3. The predicted octanol–water partition coefficient (Wildman–Crippen LogP) is 7.94. The van der Waals surface area contributed by atoms with Crippen LogP contribution in [0.1, 0.15) is 60.2 Å². The van der Waals surface area contributed by atoms with Crippen molar-refractivity contribution in [1.82, 2.24) is 4.98 Å². The molecule has 0 aliphatic heterocycles. The topological polar surface area (TPSA) is 49.0 Å². The molecule has 1 aliphatic carbocycles. The SMILES string of the molecule is C/C(=C\N=CC(C)C)C1c2ccc(C)c(c2)CCc2cccc(c2)-c2cc(C#N)nc3ccc1cc23. The molecule has 0 fully saturated rings. The monoisotopic (exact) mass is 469 g/mol. The zero-order valence-electron chi connectivity index (χ0n) is 21.4. The van der Waals surface area contributed by atoms with Gasteiger partial charge in [-0.15, -0.1) is 0 Å². The van der Waals surface area contributed by atoms with Gasteiger partial charge in [0.25, 0.3) is 0 Å². The van der Waals surface area contributed by atoms with E-state index in [1.54, 1.807) is 0 Å². The van der Waals surface area contributed by atoms with Crippen molar-refractivity contribution in [2.75, 3.05) is 0 Å². The van der Waals surface area contributed by atoms with Crippen LogP contribution in [0.15, 0.2) is 83.5 Å². The summed E-state index contributed by atoms with van der Waals surface area (Å²) in [6.45, 7) is 8.65. The number of fused-ring (bicyclic) bond motifs is 6. The number of nitrogens with zero attached hydrogens (tertiary/aromatic N) is 3. The maximum atomic E-state index is 9.66. The van der Waals surface area contributed by atoms with Gasteiger partial charge in [0.1, 0.15) is 11.8 Å². The Bertz CT molecular complexity index is 1550. The zero-order chi connectivity index (χ0) is 25.2. The first kappa shape index (κ1) is 23.7. The van der Waals surface area contributed by atoms with E-state index >= 15 is 0 Å². The molecule has 36 heavy (non-hydrogen) atoms. The molecule has 1 aliphatic rings. The quantitative estimate of drug-likeness (QED) is 0.286. The minimum Gasteiger partial charge on any atom is -0.269 e. The summed E-state index contributed by atoms with van der Waals surface area (Å²) in [6, 6.07) is 26.3. The summed E-state index contributed by atoms with van der Waals surface area (Å²) in [5.41, 5.74) is 11.1. The van der Waals surface area contributed by atoms with Gasteiger partial charge < -0.3 is 0 Å². The molecule has 6 bridgehead atoms. The number of nitriles is 1. The van der Waals surface area contributed by atoms with Crippen LogP contribution in [0.2, 0.25) is 0 Å². The van der Waals surface area contributed by atoms with Gasteiger partial charge in [-0.1, -0.05) is 62.4 Å². The molecule has 0 spiro atoms. The van der Waals surface area contributed by atoms with Crippen molar-refractivity contribution in [3.8, 4) is 17.2 Å². The van der Waals surface area contributed by atoms with Crippen LogP contribution < -0.4 is 0 Å². The van der Waals surface area contributed by atoms with Gasteiger partial charge >= 0.3 is 0 Å². The Morgan fingerprint density at radius 1 is 1.03 bits per heavy atom. The van der Waals surface area contributed by atoms with Crippen LogP contribution in [0, 0.1) is 24.2 Å². The Balaban J connectivity index is 1.80. The van der Waals surface area contributed by atoms with E-state index in [2.05, 4.69) is 104 Å². The third kappa shape index (κ3) is 4.72. The van der Waals surface area contributed by atoms with Crippen LogP contribution in [-0.4, -0.2) is 11.2 Å². The van der Waals surface area contributed by atoms with Crippen molar-refractivity contribution >= 4 is 17.1 Å². The Labute approximate surface area is 213 Å². The molecule has 1 atom stereocenters. The lowest BCUT2D eigenvalue weighted by Crippen LogP contribution is -2.05. The fraction of sp³-hybridized carbons (Fsp3) is 0.242. The van der Waals surface area contributed by atoms with Gasteiger partial charge in [0.2, 0.25) is 0 Å². The summed E-state index contributed by atoms with van der Waals surface area (Å²) >= 11 is 0. The first-order chi connectivity index (χ1) is 17.4. The molecule has 1 heterocycles. The van der Waals surface area contributed by atoms with E-state index < -0.39 is 0 Å². The van der Waals surface area contributed by atoms with Crippen molar-refractivity contribution in [2.24, 2.45) is 10.9 Å². The molecule has 5 rings (SSSR count). The fourth-order valence-corrected chi connectivity index (χ4v) is 5.16. The molecule has 3 aromatic carbocycles. The van der Waals surface area contributed by atoms with Crippen LogP contribution in [0.5, 0.6) is 0 Å². The highest BCUT2D eigenvalue weighted by Crippen LogP contribution is 2.37. The second-order valence-electron chi connectivity index (χ2n) is 10.2. The van der Waals surface area contributed by atoms with Crippen LogP contribution in [0.25, 0.3) is 22.0 Å². The standard InChI is InChI=1S/C33H31N3/c1-21(2)19-35-20-23(4)33-27-10-8-22(3)25(15-27)11-9-24-6-5-7-26(14-24)30-17-29(18-34)36-32-13-12-28(33)16-31(30)32/h5-8,10,12-17,19-21,33H,9,11H2,1-4H3/b23-20+,35-19?. The van der Waals surface area contributed by atoms with Gasteiger partial charge in [0.05, 0.1) is 5.52 Å². The summed E-state index contributed by atoms with van der Waals surface area (Å²) in [5.74, 6) is 0.476. The van der Waals surface area contributed by atoms with E-state index in [9.17, 15) is 5.26 Å². The first-order valence-corrected chi connectivity index (χ1v) is 12.7. The zero-order valence-corrected chi connectivity index (χ0v) is 21.4. The fourth-order valence-electron chi connectivity index (χ4n) is 5.16. The molecule has 178 valence electrons. The van der Waals surface area contributed by atoms with Gasteiger partial charge in [-0.25, -0.2) is 4.98 Å². The number of benzene rings is 3. The summed E-state index contributed by atoms with van der Waals surface area (Å²) in [6.07, 6.45) is 5.94. The minimum atomic E-state index is 0.0745. The van der Waals surface area contributed by atoms with E-state index in [0.717, 1.165) is 34.9 Å². The van der Waals surface area contributed by atoms with Crippen LogP contribution in [0.3, 0.4) is 0 Å². The van der Waals surface area contributed by atoms with E-state index in [1.165, 1.54) is 33.4 Å². The largest absolute Gasteiger partial charge is 0.269 e. The maximum Gasteiger partial charge on any atom is 0.141 e. The Hall–Kier alpha value is -4.03. The van der Waals surface area contributed by atoms with Crippen LogP contribution >= 0.6 is 0 Å². The van der Waals surface area contributed by atoms with Gasteiger partial charge in [0, 0.05) is 23.7 Å². The molecule has 1 unspecified atom stereocenters. The molecule has 0 N–H and O–H groups in total. The molecule has 0 radical (unpaired) electrons. The summed E-state index contributed by atoms with van der Waals surface area (Å²) < 4.78 is 0. The maximum absolute atomic E-state index is 9.66. The Morgan fingerprint density at radius 3 is 2.64 bits per heavy atom. The first-order valence-electron chi connectivity index (χ1n) is 12.7. The average Bonchev–Trinajstić information content (AvgIpc) is 2.88. The van der Waals surface area contributed by atoms with E-state index in [4.69, 9.17) is 0 Å². The van der Waals surface area contributed by atoms with E-state index in [-0.39, 0.29) is 5.92 Å². The van der Waals surface area contributed by atoms with Gasteiger partial charge in [-0.3, -0.25) is 4.99 Å². The molecule has 3 heteroatoms. The Morgan fingerprint density at radius 2 is 1.83 bits per heavy atom. The summed E-state index contributed by atoms with van der Waals surface area (Å²) in [7, 11) is 0. The number of aliphatic imine (C=N–C) groups is 1. The summed E-state index contributed by atoms with van der Waals surface area (Å²) in [4.78, 5) is 9.26. The normalized spacial score (nSPS) is 15.6. The number of hydrogen-bond acceptors (Lipinski definition) is 3. The molecule has 0 saturated heterocycles. The minimum absolute atomic E-state index is 0.0745. The van der Waals surface area contributed by atoms with Crippen LogP contribution in [-0.2, 0) is 12.8 Å². The third-order valence-corrected chi connectivity index (χ3v) is 7.03. The molecule has 0 amide bonds. The number of rotatable bonds is 3. The van der Waals surface area contributed by atoms with Crippen molar-refractivity contribution in [2.45, 2.75) is 46.5 Å². The number of pyridine rings is 1. The van der Waals surface area contributed by atoms with Crippen molar-refractivity contribution in [1.29, 1.82) is 5.26 Å². The number of aromatic nitrogens is 1. The van der Waals surface area contributed by atoms with Gasteiger partial charge in [0.15, 0.2) is 0 Å². The van der Waals surface area contributed by atoms with E-state index in [1.807, 2.05) is 18.5 Å². The highest BCUT2D eigenvalue weighted by Gasteiger charge is 2.20. The second-order valence-corrected chi connectivity index (χ2v) is 10.2. The lowest BCUT2D eigenvalue weighted by molar-refractivity contribution is 0.899. The highest BCUT2D eigenvalue weighted by atomic mass is 14.7. The summed E-state index contributed by atoms with van der Waals surface area (Å²) in [5, 5.41) is 10.7. The van der Waals surface area contributed by atoms with Crippen molar-refractivity contribution in [3.05, 3.63) is 112 Å². The molecule has 1 aromatic heterocycles. The molecular formula is C33H31N3. The van der Waals surface area contributed by atoms with Gasteiger partial charge in [-0.2, -0.15) is 5.26 Å². The average molecular weight is 470 g/mol. The van der Waals surface area contributed by atoms with Crippen LogP contribution in [0.4, 0.5) is 0 Å². The lowest BCUT2D eigenvalue weighted by atomic mass is 9.83. The molecular weight excluding hydrogens is 438 g/mol. The molecule has 4 aromatic rings. The highest BCUT2D eigenvalue weighted by molar-refractivity contribution is 5.95. The van der Waals surface area contributed by atoms with Crippen molar-refractivity contribution < 1.29 is 0 Å². The predicted molar refractivity (Wildman–Crippen MR) is 149 cm³/mol. The third-order valence-electron chi connectivity index (χ3n) is 7.03. The lowest BCUT2D eigenvalue weighted by Gasteiger charge is -2.21. The second kappa shape index (κ2) is 9.91. The number of allylic oxidation sites excluding steroid dienone is 1. The smallest absolute Gasteiger partial charge is 0.141 e. The molecule has 0 saturated carbocycles. The molecule has 3 nitrogen and oxygen atoms in total. The van der Waals surface area contributed by atoms with Crippen molar-refractivity contribution in [3.63, 3.8) is 0 Å². The van der Waals surface area contributed by atoms with Gasteiger partial charge in [-0.05, 0) is 95.3 Å². The van der Waals surface area contributed by atoms with E-state index in [0.29, 0.717) is 11.6 Å². The number of hydrogen-bond donors (Lipinski definition) is 0.